The van der Waals surface area contributed by atoms with Crippen LogP contribution in [0.1, 0.15) is 205 Å². The first kappa shape index (κ1) is 113. The number of halogens is 12. The highest BCUT2D eigenvalue weighted by Crippen LogP contribution is 2.42. The van der Waals surface area contributed by atoms with Gasteiger partial charge in [-0.3, -0.25) is 47.9 Å². The number of hydrogen-bond donors (Lipinski definition) is 18. The van der Waals surface area contributed by atoms with E-state index in [1.807, 2.05) is 203 Å². The van der Waals surface area contributed by atoms with Gasteiger partial charge in [-0.25, -0.2) is 0 Å². The summed E-state index contributed by atoms with van der Waals surface area (Å²) >= 11 is 23.9. The van der Waals surface area contributed by atoms with Crippen LogP contribution in [0.5, 0.6) is 0 Å². The molecule has 0 saturated heterocycles. The second-order valence-electron chi connectivity index (χ2n) is 25.0. The smallest absolute Gasteiger partial charge is 0.221 e. The average Bonchev–Trinajstić information content (AvgIpc) is 0.791. The molecule has 30 nitrogen and oxygen atoms in total. The van der Waals surface area contributed by atoms with Gasteiger partial charge in [-0.05, 0) is 335 Å². The summed E-state index contributed by atoms with van der Waals surface area (Å²) in [5.41, 5.74) is 10.7. The number of nitrogen functional groups attached to an aromatic ring is 1. The van der Waals surface area contributed by atoms with Crippen molar-refractivity contribution in [3.05, 3.63) is 87.3 Å². The molecule has 0 heterocycles. The van der Waals surface area contributed by atoms with E-state index in [4.69, 9.17) is 56.1 Å². The van der Waals surface area contributed by atoms with Crippen LogP contribution in [0.25, 0.3) is 0 Å². The minimum atomic E-state index is -1.02. The van der Waals surface area contributed by atoms with Gasteiger partial charge >= 0.3 is 0 Å². The highest BCUT2D eigenvalue weighted by atomic mass is 127. The van der Waals surface area contributed by atoms with E-state index in [9.17, 15) is 78.6 Å². The number of aliphatic hydroxyl groups excluding tert-OH is 14. The monoisotopic (exact) mass is 2950 g/mol. The zero-order chi connectivity index (χ0) is 87.3. The fourth-order valence-electron chi connectivity index (χ4n) is 10.3. The van der Waals surface area contributed by atoms with E-state index in [0.29, 0.717) is 107 Å². The Morgan fingerprint density at radius 2 is 0.535 bits per heavy atom. The molecule has 42 heteroatoms. The van der Waals surface area contributed by atoms with E-state index < -0.39 is 76.3 Å². The molecule has 4 aromatic rings. The molecule has 0 spiro atoms. The summed E-state index contributed by atoms with van der Waals surface area (Å²) in [4.78, 5) is 125. The van der Waals surface area contributed by atoms with Gasteiger partial charge in [-0.1, -0.05) is 0 Å². The number of carbonyl (C=O) groups excluding carboxylic acids is 10. The fourth-order valence-corrected chi connectivity index (χ4v) is 28.9. The van der Waals surface area contributed by atoms with Gasteiger partial charge < -0.3 is 103 Å². The number of nitrogens with one attached hydrogen (secondary N) is 3. The predicted molar refractivity (Wildman–Crippen MR) is 528 cm³/mol. The molecule has 4 rings (SSSR count). The van der Waals surface area contributed by atoms with Crippen LogP contribution in [0.15, 0.2) is 0 Å². The van der Waals surface area contributed by atoms with Gasteiger partial charge in [0.25, 0.3) is 0 Å². The normalized spacial score (nSPS) is 13.2. The quantitative estimate of drug-likeness (QED) is 0.00846. The van der Waals surface area contributed by atoms with Crippen molar-refractivity contribution in [3.8, 4) is 0 Å². The first-order chi connectivity index (χ1) is 53.6. The lowest BCUT2D eigenvalue weighted by molar-refractivity contribution is -0.114. The van der Waals surface area contributed by atoms with E-state index in [1.54, 1.807) is 21.3 Å². The molecule has 0 bridgehead atoms. The number of anilines is 4. The van der Waals surface area contributed by atoms with Gasteiger partial charge in [0, 0.05) is 180 Å². The zero-order valence-corrected chi connectivity index (χ0v) is 87.7. The van der Waals surface area contributed by atoms with Crippen molar-refractivity contribution < 1.29 is 129 Å². The molecule has 0 radical (unpaired) electrons. The third-order valence-electron chi connectivity index (χ3n) is 16.7. The van der Waals surface area contributed by atoms with Crippen LogP contribution in [-0.2, 0) is 19.1 Å². The lowest BCUT2D eigenvalue weighted by atomic mass is 9.97. The van der Waals surface area contributed by atoms with Crippen LogP contribution in [0.2, 0.25) is 0 Å². The molecule has 4 aromatic carbocycles. The summed E-state index contributed by atoms with van der Waals surface area (Å²) in [6.07, 6.45) is -3.07. The molecule has 0 fully saturated rings. The number of rotatable bonds is 48. The summed E-state index contributed by atoms with van der Waals surface area (Å²) in [5, 5.41) is 137. The molecule has 0 aliphatic heterocycles. The molecular formula is C72H92I12N4O26. The first-order valence-electron chi connectivity index (χ1n) is 34.6. The van der Waals surface area contributed by atoms with E-state index in [-0.39, 0.29) is 190 Å². The maximum Gasteiger partial charge on any atom is 0.221 e. The molecule has 19 N–H and O–H groups in total. The van der Waals surface area contributed by atoms with Gasteiger partial charge in [0.15, 0.2) is 46.3 Å². The van der Waals surface area contributed by atoms with Crippen molar-refractivity contribution in [1.82, 2.24) is 0 Å². The predicted octanol–water partition coefficient (Wildman–Crippen LogP) is 9.77. The number of Topliss-reactive ketones (excluding diaryl/α,β-unsaturated/α-hetero) is 8. The number of methoxy groups -OCH3 is 2. The van der Waals surface area contributed by atoms with Gasteiger partial charge in [-0.15, -0.1) is 0 Å². The number of hydrogen-bond acceptors (Lipinski definition) is 28. The molecule has 8 atom stereocenters. The van der Waals surface area contributed by atoms with Crippen LogP contribution in [0.4, 0.5) is 22.7 Å². The maximum atomic E-state index is 13.1. The largest absolute Gasteiger partial charge is 0.397 e. The third-order valence-corrected chi connectivity index (χ3v) is 29.8. The number of ketones is 8. The van der Waals surface area contributed by atoms with Crippen molar-refractivity contribution in [2.75, 3.05) is 95.8 Å². The van der Waals surface area contributed by atoms with Crippen LogP contribution in [-0.4, -0.2) is 253 Å². The Labute approximate surface area is 823 Å². The molecule has 0 aromatic heterocycles. The van der Waals surface area contributed by atoms with Gasteiger partial charge in [0.05, 0.1) is 111 Å². The number of ether oxygens (including phenoxy) is 2. The van der Waals surface area contributed by atoms with E-state index in [1.165, 1.54) is 6.92 Å². The molecule has 640 valence electrons. The first-order valence-corrected chi connectivity index (χ1v) is 47.6. The summed E-state index contributed by atoms with van der Waals surface area (Å²) in [6, 6.07) is 0. The Morgan fingerprint density at radius 3 is 0.719 bits per heavy atom. The molecule has 2 amide bonds. The Balaban J connectivity index is 0.000000761. The lowest BCUT2D eigenvalue weighted by Crippen LogP contribution is -2.20. The summed E-state index contributed by atoms with van der Waals surface area (Å²) in [6.45, 7) is -1.33. The Bertz CT molecular complexity index is 3740. The van der Waals surface area contributed by atoms with Gasteiger partial charge in [0.2, 0.25) is 12.3 Å². The number of carbonyl (C=O) groups is 10. The van der Waals surface area contributed by atoms with Crippen LogP contribution >= 0.6 is 271 Å². The van der Waals surface area contributed by atoms with Gasteiger partial charge in [-0.2, -0.15) is 0 Å². The minimum absolute atomic E-state index is 0.00655. The van der Waals surface area contributed by atoms with Crippen molar-refractivity contribution in [1.29, 1.82) is 0 Å². The second kappa shape index (κ2) is 59.7. The molecule has 114 heavy (non-hydrogen) atoms. The number of aliphatic hydroxyl groups is 14. The highest BCUT2D eigenvalue weighted by Gasteiger charge is 2.33. The molecule has 0 aliphatic rings. The molecule has 0 saturated carbocycles. The highest BCUT2D eigenvalue weighted by molar-refractivity contribution is 14.1. The van der Waals surface area contributed by atoms with Crippen LogP contribution < -0.4 is 21.7 Å². The fraction of sp³-hybridized carbons (Fsp3) is 0.528. The Kier molecular flexibility index (Phi) is 59.2. The van der Waals surface area contributed by atoms with Crippen molar-refractivity contribution in [3.63, 3.8) is 0 Å². The van der Waals surface area contributed by atoms with E-state index in [2.05, 4.69) is 83.7 Å². The minimum Gasteiger partial charge on any atom is -0.397 e. The van der Waals surface area contributed by atoms with Gasteiger partial charge in [0.1, 0.15) is 0 Å². The SMILES string of the molecule is CC(=O)Nc1c(I)c(C(=O)CCC(O)CO)c(I)c(C(=O)CCC(O)CO)c1I.CNc1c(I)c(C(=O)CCC(CCO)OC)c(I)c(C(=O)CCC(CCO)OC)c1I.Nc1c(I)c(C(=O)CCC(O)CO)c(I)c(C(=O)CCC(O)CO)c1I.O=CNc1c(I)c(C(=O)CCC(O)CO)c(I)c(C(=O)CCC(O)CO)c1I. The number of benzene rings is 4. The van der Waals surface area contributed by atoms with Crippen molar-refractivity contribution >= 4 is 352 Å². The Morgan fingerprint density at radius 1 is 0.333 bits per heavy atom. The van der Waals surface area contributed by atoms with Crippen LogP contribution in [0, 0.1) is 42.8 Å². The summed E-state index contributed by atoms with van der Waals surface area (Å²) in [5.74, 6) is -2.27. The topological polar surface area (TPSA) is 534 Å². The van der Waals surface area contributed by atoms with Crippen LogP contribution in [0.3, 0.4) is 0 Å². The lowest BCUT2D eigenvalue weighted by Gasteiger charge is -2.20. The van der Waals surface area contributed by atoms with Crippen molar-refractivity contribution in [2.45, 2.75) is 171 Å². The summed E-state index contributed by atoms with van der Waals surface area (Å²) in [7, 11) is 4.92. The standard InChI is InChI=1S/C21H30I3NO6.C18H22I3NO7.C17H20I3NO7.C16H20I3NO6/c1-25-21-19(23)16(14(28)6-4-12(30-2)8-10-26)18(22)17(20(21)24)15(29)7-5-13(31-3)9-11-27;1-8(25)22-18-16(20)13(11(28)4-2-9(26)6-23)15(19)14(17(18)21)12(29)5-3-10(27)7-24;18-14-12(10(27)3-1-8(25)5-22)15(19)17(21-7-24)16(20)13(14)11(28)4-2-9(26)6-23;17-13-11(9(25)3-1-7(23)5-21)14(18)16(20)15(19)12(13)10(26)4-2-8(24)6-22/h12-13,25-27H,4-11H2,1-3H3;9-10,23-24,26-27H,2-7H2,1H3,(H,22,25);7-9,22-23,25-26H,1-6H2,(H,21,24);7-8,21-24H,1-6,20H2. The van der Waals surface area contributed by atoms with Crippen molar-refractivity contribution in [2.24, 2.45) is 0 Å². The number of nitrogens with two attached hydrogens (primary N) is 1. The number of amides is 2. The molecule has 0 aliphatic carbocycles. The Hall–Kier alpha value is 0.900. The summed E-state index contributed by atoms with van der Waals surface area (Å²) < 4.78 is 17.3. The maximum absolute atomic E-state index is 13.1. The molecule has 8 unspecified atom stereocenters. The third kappa shape index (κ3) is 35.4. The van der Waals surface area contributed by atoms with E-state index in [0.717, 1.165) is 12.8 Å². The average molecular weight is 2950 g/mol. The second-order valence-corrected chi connectivity index (χ2v) is 37.9. The zero-order valence-electron chi connectivity index (χ0n) is 61.9. The van der Waals surface area contributed by atoms with E-state index >= 15 is 0 Å². The molecular weight excluding hydrogens is 2860 g/mol.